The van der Waals surface area contributed by atoms with Gasteiger partial charge in [0.05, 0.1) is 17.1 Å². The highest BCUT2D eigenvalue weighted by Gasteiger charge is 2.77. The maximum Gasteiger partial charge on any atom is 0.206 e. The number of phenols is 1. The molecule has 2 unspecified atom stereocenters. The smallest absolute Gasteiger partial charge is 0.206 e. The molecule has 6 nitrogen and oxygen atoms in total. The molecule has 0 heterocycles. The van der Waals surface area contributed by atoms with E-state index in [9.17, 15) is 29.4 Å². The number of phenolic OH excluding ortho intramolecular Hbond substituents is 1. The Labute approximate surface area is 200 Å². The summed E-state index contributed by atoms with van der Waals surface area (Å²) in [6.07, 6.45) is 0. The van der Waals surface area contributed by atoms with Gasteiger partial charge in [0, 0.05) is 5.41 Å². The second kappa shape index (κ2) is 7.20. The van der Waals surface area contributed by atoms with E-state index in [-0.39, 0.29) is 28.7 Å². The van der Waals surface area contributed by atoms with Gasteiger partial charge in [0.2, 0.25) is 5.78 Å². The summed E-state index contributed by atoms with van der Waals surface area (Å²) >= 11 is 0. The summed E-state index contributed by atoms with van der Waals surface area (Å²) in [5, 5.41) is 22.7. The third-order valence-electron chi connectivity index (χ3n) is 9.92. The molecule has 34 heavy (non-hydrogen) atoms. The predicted molar refractivity (Wildman–Crippen MR) is 126 cm³/mol. The number of fused-ring (bicyclic) bond motifs is 3. The lowest BCUT2D eigenvalue weighted by Crippen LogP contribution is -2.77. The first-order chi connectivity index (χ1) is 15.6. The van der Waals surface area contributed by atoms with Gasteiger partial charge in [-0.15, -0.1) is 0 Å². The van der Waals surface area contributed by atoms with Gasteiger partial charge in [0.1, 0.15) is 5.75 Å². The maximum absolute atomic E-state index is 14.3. The van der Waals surface area contributed by atoms with Crippen LogP contribution in [0, 0.1) is 34.5 Å². The van der Waals surface area contributed by atoms with Crippen molar-refractivity contribution in [2.45, 2.75) is 66.9 Å². The van der Waals surface area contributed by atoms with Crippen molar-refractivity contribution in [2.75, 3.05) is 0 Å². The third kappa shape index (κ3) is 2.45. The molecule has 0 amide bonds. The van der Waals surface area contributed by atoms with Gasteiger partial charge in [-0.3, -0.25) is 19.2 Å². The minimum atomic E-state index is -2.52. The van der Waals surface area contributed by atoms with Crippen molar-refractivity contribution in [3.63, 3.8) is 0 Å². The van der Waals surface area contributed by atoms with Crippen LogP contribution in [0.4, 0.5) is 0 Å². The van der Waals surface area contributed by atoms with Crippen LogP contribution in [0.1, 0.15) is 77.2 Å². The normalized spacial score (nSPS) is 39.6. The van der Waals surface area contributed by atoms with Gasteiger partial charge < -0.3 is 10.2 Å². The Morgan fingerprint density at radius 2 is 1.68 bits per heavy atom. The number of allylic oxidation sites excluding steroid dienone is 1. The summed E-state index contributed by atoms with van der Waals surface area (Å²) < 4.78 is 0. The molecule has 0 aromatic heterocycles. The second-order valence-electron chi connectivity index (χ2n) is 11.4. The minimum Gasteiger partial charge on any atom is -0.507 e. The zero-order valence-corrected chi connectivity index (χ0v) is 21.1. The van der Waals surface area contributed by atoms with Gasteiger partial charge in [0.25, 0.3) is 0 Å². The number of ketones is 4. The lowest BCUT2D eigenvalue weighted by atomic mass is 9.35. The summed E-state index contributed by atoms with van der Waals surface area (Å²) in [5.41, 5.74) is -3.49. The average Bonchev–Trinajstić information content (AvgIpc) is 2.73. The molecule has 1 aromatic carbocycles. The van der Waals surface area contributed by atoms with Crippen LogP contribution in [0.15, 0.2) is 29.3 Å². The summed E-state index contributed by atoms with van der Waals surface area (Å²) in [7, 11) is 0. The average molecular weight is 467 g/mol. The molecular formula is C28H34O6. The molecule has 6 heteroatoms. The molecule has 4 rings (SSSR count). The predicted octanol–water partition coefficient (Wildman–Crippen LogP) is 4.03. The number of rotatable bonds is 2. The third-order valence-corrected chi connectivity index (χ3v) is 9.92. The Kier molecular flexibility index (Phi) is 5.19. The molecule has 182 valence electrons. The molecular weight excluding hydrogens is 432 g/mol. The van der Waals surface area contributed by atoms with Crippen molar-refractivity contribution in [2.24, 2.45) is 34.5 Å². The van der Waals surface area contributed by atoms with E-state index in [0.717, 1.165) is 0 Å². The molecule has 0 bridgehead atoms. The molecule has 7 atom stereocenters. The van der Waals surface area contributed by atoms with Gasteiger partial charge in [-0.25, -0.2) is 0 Å². The van der Waals surface area contributed by atoms with Crippen LogP contribution in [0.2, 0.25) is 0 Å². The van der Waals surface area contributed by atoms with Crippen molar-refractivity contribution in [1.29, 1.82) is 0 Å². The van der Waals surface area contributed by atoms with Gasteiger partial charge in [-0.1, -0.05) is 59.2 Å². The first-order valence-electron chi connectivity index (χ1n) is 12.0. The first kappa shape index (κ1) is 24.5. The molecule has 3 aliphatic carbocycles. The fourth-order valence-corrected chi connectivity index (χ4v) is 8.11. The topological polar surface area (TPSA) is 109 Å². The van der Waals surface area contributed by atoms with Crippen LogP contribution in [0.5, 0.6) is 5.75 Å². The molecule has 2 N–H and O–H groups in total. The van der Waals surface area contributed by atoms with Crippen molar-refractivity contribution < 1.29 is 29.4 Å². The van der Waals surface area contributed by atoms with Crippen LogP contribution >= 0.6 is 0 Å². The van der Waals surface area contributed by atoms with Crippen molar-refractivity contribution >= 4 is 23.1 Å². The summed E-state index contributed by atoms with van der Waals surface area (Å²) in [6.45, 7) is 14.5. The summed E-state index contributed by atoms with van der Waals surface area (Å²) in [4.78, 5) is 54.5. The fourth-order valence-electron chi connectivity index (χ4n) is 8.11. The molecule has 1 fully saturated rings. The molecule has 0 saturated heterocycles. The van der Waals surface area contributed by atoms with E-state index in [1.807, 2.05) is 34.6 Å². The van der Waals surface area contributed by atoms with E-state index in [2.05, 4.69) is 0 Å². The number of carbonyl (C=O) groups is 4. The van der Waals surface area contributed by atoms with Gasteiger partial charge in [0.15, 0.2) is 23.0 Å². The summed E-state index contributed by atoms with van der Waals surface area (Å²) in [6, 6.07) is 4.88. The Bertz CT molecular complexity index is 1190. The zero-order valence-electron chi connectivity index (χ0n) is 21.1. The summed E-state index contributed by atoms with van der Waals surface area (Å²) in [5.74, 6) is -5.65. The largest absolute Gasteiger partial charge is 0.507 e. The van der Waals surface area contributed by atoms with Crippen molar-refractivity contribution in [3.8, 4) is 5.75 Å². The second-order valence-corrected chi connectivity index (χ2v) is 11.4. The molecule has 0 radical (unpaired) electrons. The highest BCUT2D eigenvalue weighted by Crippen LogP contribution is 2.69. The van der Waals surface area contributed by atoms with Crippen molar-refractivity contribution in [3.05, 3.63) is 40.5 Å². The molecule has 1 aromatic rings. The number of hydrogen-bond donors (Lipinski definition) is 2. The Balaban J connectivity index is 2.11. The quantitative estimate of drug-likeness (QED) is 0.503. The lowest BCUT2D eigenvalue weighted by Gasteiger charge is -2.66. The first-order valence-corrected chi connectivity index (χ1v) is 12.0. The van der Waals surface area contributed by atoms with E-state index in [4.69, 9.17) is 0 Å². The van der Waals surface area contributed by atoms with Gasteiger partial charge in [-0.05, 0) is 54.6 Å². The van der Waals surface area contributed by atoms with E-state index in [1.165, 1.54) is 13.0 Å². The molecule has 0 aliphatic heterocycles. The number of aromatic hydroxyl groups is 1. The molecule has 0 spiro atoms. The molecule has 1 saturated carbocycles. The van der Waals surface area contributed by atoms with E-state index < -0.39 is 57.3 Å². The highest BCUT2D eigenvalue weighted by molar-refractivity contribution is 6.33. The van der Waals surface area contributed by atoms with Crippen LogP contribution in [-0.4, -0.2) is 38.9 Å². The highest BCUT2D eigenvalue weighted by atomic mass is 16.3. The Morgan fingerprint density at radius 1 is 1.09 bits per heavy atom. The van der Waals surface area contributed by atoms with E-state index >= 15 is 0 Å². The van der Waals surface area contributed by atoms with Crippen LogP contribution < -0.4 is 0 Å². The number of Topliss-reactive ketones (excluding diaryl/α,β-unsaturated/α-hetero) is 4. The van der Waals surface area contributed by atoms with Crippen LogP contribution in [-0.2, 0) is 14.4 Å². The zero-order chi connectivity index (χ0) is 25.7. The number of carbonyl (C=O) groups excluding carboxylic acids is 4. The number of hydrogen-bond acceptors (Lipinski definition) is 6. The van der Waals surface area contributed by atoms with Crippen LogP contribution in [0.25, 0.3) is 0 Å². The monoisotopic (exact) mass is 466 g/mol. The standard InChI is InChI=1S/C28H34O6/c1-12(2)21-13(3)19(15(5)29)24(32)28(34)25(33)22-23(31)20-17(10-9-11-18(20)30)14(4)26(22,7)16(6)27(21,28)8/h9-12,14,16,21-22,30,34H,1-8H3/t14?,16-,21+,22?,26-,27-,28+/m0/s1. The Morgan fingerprint density at radius 3 is 2.21 bits per heavy atom. The fraction of sp³-hybridized carbons (Fsp3) is 0.571. The Hall–Kier alpha value is -2.60. The van der Waals surface area contributed by atoms with E-state index in [1.54, 1.807) is 26.0 Å². The maximum atomic E-state index is 14.3. The SMILES string of the molecule is CC(=O)C1=C(C)[C@@H](C(C)C)[C@]2(C)[C@@H](C)[C@@]3(C)C(C(=O)c4c(O)cccc4C3C)C(=O)[C@]2(O)C1=O. The molecule has 3 aliphatic rings. The van der Waals surface area contributed by atoms with E-state index in [0.29, 0.717) is 11.1 Å². The van der Waals surface area contributed by atoms with Gasteiger partial charge in [-0.2, -0.15) is 0 Å². The lowest BCUT2D eigenvalue weighted by molar-refractivity contribution is -0.211. The van der Waals surface area contributed by atoms with Crippen LogP contribution in [0.3, 0.4) is 0 Å². The van der Waals surface area contributed by atoms with Gasteiger partial charge >= 0.3 is 0 Å². The number of aliphatic hydroxyl groups is 1. The minimum absolute atomic E-state index is 0.0763. The number of benzene rings is 1. The van der Waals surface area contributed by atoms with Crippen molar-refractivity contribution in [1.82, 2.24) is 0 Å².